The number of hydrogen-bond acceptors (Lipinski definition) is 7. The Bertz CT molecular complexity index is 952. The molecule has 6 nitrogen and oxygen atoms in total. The molecule has 1 N–H and O–H groups in total. The topological polar surface area (TPSA) is 53.5 Å². The van der Waals surface area contributed by atoms with Gasteiger partial charge in [-0.1, -0.05) is 13.0 Å². The zero-order valence-electron chi connectivity index (χ0n) is 20.3. The van der Waals surface area contributed by atoms with E-state index in [-0.39, 0.29) is 0 Å². The maximum absolute atomic E-state index is 5.93. The summed E-state index contributed by atoms with van der Waals surface area (Å²) in [4.78, 5) is 14.8. The lowest BCUT2D eigenvalue weighted by atomic mass is 9.77. The number of fused-ring (bicyclic) bond motifs is 2. The van der Waals surface area contributed by atoms with Gasteiger partial charge < -0.3 is 19.9 Å². The van der Waals surface area contributed by atoms with Crippen molar-refractivity contribution in [2.75, 3.05) is 51.5 Å². The number of ether oxygens (including phenoxy) is 1. The second-order valence-corrected chi connectivity index (χ2v) is 10.8. The Morgan fingerprint density at radius 1 is 1.24 bits per heavy atom. The van der Waals surface area contributed by atoms with Crippen molar-refractivity contribution < 1.29 is 4.74 Å². The standard InChI is InChI=1S/C26H37N5OS/c1-17(13-19-6-5-18-7-10-24(33-4)29-25(18)26(19)30(2)3)21-9-8-20(14-28-21)31-11-12-32-23-16-27-15-22(23)31/h7-10,14,17,19,22-23,26-27H,5-6,11-13,15-16H2,1-4H3/t17?,19?,22-,23-,26-/m0/s1. The summed E-state index contributed by atoms with van der Waals surface area (Å²) in [7, 11) is 4.40. The van der Waals surface area contributed by atoms with Crippen LogP contribution >= 0.6 is 11.8 Å². The number of rotatable bonds is 6. The molecule has 2 aliphatic heterocycles. The van der Waals surface area contributed by atoms with Gasteiger partial charge in [0.15, 0.2) is 0 Å². The van der Waals surface area contributed by atoms with Crippen molar-refractivity contribution in [1.29, 1.82) is 0 Å². The fraction of sp³-hybridized carbons (Fsp3) is 0.615. The summed E-state index contributed by atoms with van der Waals surface area (Å²) in [6.07, 6.45) is 7.96. The predicted molar refractivity (Wildman–Crippen MR) is 135 cm³/mol. The molecule has 33 heavy (non-hydrogen) atoms. The van der Waals surface area contributed by atoms with E-state index in [2.05, 4.69) is 72.9 Å². The smallest absolute Gasteiger partial charge is 0.0961 e. The Morgan fingerprint density at radius 2 is 2.12 bits per heavy atom. The van der Waals surface area contributed by atoms with Crippen molar-refractivity contribution in [3.63, 3.8) is 0 Å². The van der Waals surface area contributed by atoms with Crippen LogP contribution in [0.4, 0.5) is 5.69 Å². The molecule has 3 aliphatic rings. The van der Waals surface area contributed by atoms with E-state index in [4.69, 9.17) is 14.7 Å². The molecule has 2 aromatic heterocycles. The molecule has 5 rings (SSSR count). The zero-order chi connectivity index (χ0) is 22.9. The van der Waals surface area contributed by atoms with Gasteiger partial charge in [0.2, 0.25) is 0 Å². The Kier molecular flexibility index (Phi) is 6.93. The summed E-state index contributed by atoms with van der Waals surface area (Å²) in [5.41, 5.74) is 5.12. The van der Waals surface area contributed by atoms with Crippen molar-refractivity contribution in [2.24, 2.45) is 5.92 Å². The first-order valence-corrected chi connectivity index (χ1v) is 13.5. The van der Waals surface area contributed by atoms with Crippen LogP contribution < -0.4 is 10.2 Å². The first kappa shape index (κ1) is 23.1. The van der Waals surface area contributed by atoms with Crippen molar-refractivity contribution >= 4 is 17.4 Å². The number of anilines is 1. The highest BCUT2D eigenvalue weighted by Gasteiger charge is 2.37. The van der Waals surface area contributed by atoms with Crippen LogP contribution in [0.2, 0.25) is 0 Å². The van der Waals surface area contributed by atoms with Crippen LogP contribution in [0.15, 0.2) is 35.5 Å². The molecule has 0 bridgehead atoms. The number of aromatic nitrogens is 2. The zero-order valence-corrected chi connectivity index (χ0v) is 21.1. The highest BCUT2D eigenvalue weighted by Crippen LogP contribution is 2.42. The van der Waals surface area contributed by atoms with E-state index in [1.165, 1.54) is 29.1 Å². The molecule has 0 amide bonds. The largest absolute Gasteiger partial charge is 0.373 e. The van der Waals surface area contributed by atoms with E-state index < -0.39 is 0 Å². The first-order chi connectivity index (χ1) is 16.0. The van der Waals surface area contributed by atoms with E-state index in [1.807, 2.05) is 0 Å². The Morgan fingerprint density at radius 3 is 2.88 bits per heavy atom. The minimum atomic E-state index is 0.301. The molecule has 4 heterocycles. The van der Waals surface area contributed by atoms with Gasteiger partial charge in [0.25, 0.3) is 0 Å². The number of nitrogens with zero attached hydrogens (tertiary/aromatic N) is 4. The van der Waals surface area contributed by atoms with Gasteiger partial charge in [-0.3, -0.25) is 4.98 Å². The Labute approximate surface area is 202 Å². The van der Waals surface area contributed by atoms with E-state index in [9.17, 15) is 0 Å². The Balaban J connectivity index is 1.30. The summed E-state index contributed by atoms with van der Waals surface area (Å²) in [6.45, 7) is 6.01. The molecule has 2 saturated heterocycles. The average Bonchev–Trinajstić information content (AvgIpc) is 3.32. The van der Waals surface area contributed by atoms with Gasteiger partial charge in [0.05, 0.1) is 47.4 Å². The van der Waals surface area contributed by atoms with Crippen LogP contribution in [-0.2, 0) is 11.2 Å². The van der Waals surface area contributed by atoms with E-state index in [0.717, 1.165) is 44.1 Å². The molecular formula is C26H37N5OS. The molecule has 0 radical (unpaired) electrons. The van der Waals surface area contributed by atoms with Gasteiger partial charge in [-0.2, -0.15) is 0 Å². The number of morpholine rings is 1. The van der Waals surface area contributed by atoms with Gasteiger partial charge >= 0.3 is 0 Å². The van der Waals surface area contributed by atoms with Crippen LogP contribution in [-0.4, -0.2) is 73.6 Å². The van der Waals surface area contributed by atoms with Crippen molar-refractivity contribution in [1.82, 2.24) is 20.2 Å². The number of pyridine rings is 2. The molecular weight excluding hydrogens is 430 g/mol. The van der Waals surface area contributed by atoms with Crippen molar-refractivity contribution in [2.45, 2.75) is 55.3 Å². The third-order valence-corrected chi connectivity index (χ3v) is 8.37. The van der Waals surface area contributed by atoms with Crippen LogP contribution in [0.5, 0.6) is 0 Å². The van der Waals surface area contributed by atoms with Gasteiger partial charge in [0, 0.05) is 25.3 Å². The predicted octanol–water partition coefficient (Wildman–Crippen LogP) is 3.73. The fourth-order valence-corrected chi connectivity index (χ4v) is 6.44. The van der Waals surface area contributed by atoms with Crippen molar-refractivity contribution in [3.05, 3.63) is 47.4 Å². The molecule has 0 saturated carbocycles. The number of nitrogens with one attached hydrogen (secondary N) is 1. The Hall–Kier alpha value is -1.67. The summed E-state index contributed by atoms with van der Waals surface area (Å²) in [5.74, 6) is 1.00. The number of aryl methyl sites for hydroxylation is 1. The van der Waals surface area contributed by atoms with E-state index in [0.29, 0.717) is 30.0 Å². The van der Waals surface area contributed by atoms with Gasteiger partial charge in [-0.15, -0.1) is 11.8 Å². The number of thioether (sulfide) groups is 1. The molecule has 178 valence electrons. The average molecular weight is 468 g/mol. The first-order valence-electron chi connectivity index (χ1n) is 12.3. The van der Waals surface area contributed by atoms with Crippen LogP contribution in [0.25, 0.3) is 0 Å². The lowest BCUT2D eigenvalue weighted by Gasteiger charge is -2.39. The number of hydrogen-bond donors (Lipinski definition) is 1. The highest BCUT2D eigenvalue weighted by molar-refractivity contribution is 7.98. The second-order valence-electron chi connectivity index (χ2n) is 10.0. The fourth-order valence-electron chi connectivity index (χ4n) is 6.05. The maximum atomic E-state index is 5.93. The lowest BCUT2D eigenvalue weighted by molar-refractivity contribution is 0.0349. The SMILES string of the molecule is CSc1ccc2c(n1)[C@@H](N(C)C)C(CC(C)c1ccc(N3CCO[C@H]4CNC[C@@H]43)cn1)CC2. The monoisotopic (exact) mass is 467 g/mol. The summed E-state index contributed by atoms with van der Waals surface area (Å²) in [5, 5.41) is 4.59. The molecule has 2 unspecified atom stereocenters. The van der Waals surface area contributed by atoms with E-state index >= 15 is 0 Å². The normalized spacial score (nSPS) is 28.0. The van der Waals surface area contributed by atoms with E-state index in [1.54, 1.807) is 11.8 Å². The van der Waals surface area contributed by atoms with Crippen LogP contribution in [0.1, 0.15) is 48.7 Å². The van der Waals surface area contributed by atoms with Gasteiger partial charge in [-0.25, -0.2) is 4.98 Å². The quantitative estimate of drug-likeness (QED) is 0.650. The van der Waals surface area contributed by atoms with Crippen molar-refractivity contribution in [3.8, 4) is 0 Å². The molecule has 0 aromatic carbocycles. The summed E-state index contributed by atoms with van der Waals surface area (Å²) >= 11 is 1.73. The molecule has 2 fully saturated rings. The molecule has 2 aromatic rings. The summed E-state index contributed by atoms with van der Waals surface area (Å²) < 4.78 is 5.93. The van der Waals surface area contributed by atoms with Gasteiger partial charge in [0.1, 0.15) is 0 Å². The molecule has 7 heteroatoms. The lowest BCUT2D eigenvalue weighted by Crippen LogP contribution is -2.51. The molecule has 0 spiro atoms. The third kappa shape index (κ3) is 4.65. The van der Waals surface area contributed by atoms with Crippen LogP contribution in [0.3, 0.4) is 0 Å². The highest BCUT2D eigenvalue weighted by atomic mass is 32.2. The third-order valence-electron chi connectivity index (χ3n) is 7.72. The molecule has 5 atom stereocenters. The summed E-state index contributed by atoms with van der Waals surface area (Å²) in [6, 6.07) is 9.77. The second kappa shape index (κ2) is 9.90. The molecule has 1 aliphatic carbocycles. The maximum Gasteiger partial charge on any atom is 0.0961 e. The minimum absolute atomic E-state index is 0.301. The minimum Gasteiger partial charge on any atom is -0.373 e. The van der Waals surface area contributed by atoms with Crippen LogP contribution in [0, 0.1) is 5.92 Å². The van der Waals surface area contributed by atoms with Gasteiger partial charge in [-0.05, 0) is 75.2 Å².